The summed E-state index contributed by atoms with van der Waals surface area (Å²) >= 11 is 0. The molecule has 4 heteroatoms. The average Bonchev–Trinajstić information content (AvgIpc) is 2.34. The Kier molecular flexibility index (Phi) is 6.06. The van der Waals surface area contributed by atoms with Crippen molar-refractivity contribution in [2.24, 2.45) is 0 Å². The number of hydrogen-bond acceptors (Lipinski definition) is 4. The van der Waals surface area contributed by atoms with Crippen LogP contribution in [0.1, 0.15) is 59.7 Å². The maximum atomic E-state index is 5.52. The minimum atomic E-state index is -0.0764. The van der Waals surface area contributed by atoms with Gasteiger partial charge in [0, 0.05) is 18.0 Å². The normalized spacial score (nSPS) is 11.4. The topological polar surface area (TPSA) is 47.0 Å². The molecule has 0 saturated carbocycles. The minimum absolute atomic E-state index is 0.0764. The minimum Gasteiger partial charge on any atom is -0.478 e. The largest absolute Gasteiger partial charge is 0.478 e. The van der Waals surface area contributed by atoms with Gasteiger partial charge in [-0.2, -0.15) is 4.98 Å². The third kappa shape index (κ3) is 5.45. The second-order valence-corrected chi connectivity index (χ2v) is 5.73. The van der Waals surface area contributed by atoms with Gasteiger partial charge in [0.05, 0.1) is 6.61 Å². The average molecular weight is 265 g/mol. The molecule has 0 saturated heterocycles. The standard InChI is InChI=1S/C15H27N3O/c1-6-8-9-10-16-12-11-13(19-7-2)18-14(17-12)15(3,4)5/h11H,6-10H2,1-5H3,(H,16,17,18). The van der Waals surface area contributed by atoms with E-state index in [4.69, 9.17) is 4.74 Å². The van der Waals surface area contributed by atoms with Crippen molar-refractivity contribution in [2.45, 2.75) is 59.3 Å². The Morgan fingerprint density at radius 1 is 1.16 bits per heavy atom. The Balaban J connectivity index is 2.81. The smallest absolute Gasteiger partial charge is 0.218 e. The van der Waals surface area contributed by atoms with Crippen LogP contribution in [0.5, 0.6) is 5.88 Å². The maximum Gasteiger partial charge on any atom is 0.218 e. The molecular weight excluding hydrogens is 238 g/mol. The van der Waals surface area contributed by atoms with Crippen molar-refractivity contribution in [3.8, 4) is 5.88 Å². The van der Waals surface area contributed by atoms with Crippen LogP contribution < -0.4 is 10.1 Å². The number of nitrogens with one attached hydrogen (secondary N) is 1. The molecule has 0 aliphatic rings. The molecule has 1 N–H and O–H groups in total. The van der Waals surface area contributed by atoms with Crippen molar-refractivity contribution in [2.75, 3.05) is 18.5 Å². The van der Waals surface area contributed by atoms with Crippen molar-refractivity contribution in [3.63, 3.8) is 0 Å². The van der Waals surface area contributed by atoms with Gasteiger partial charge in [0.25, 0.3) is 0 Å². The Hall–Kier alpha value is -1.32. The summed E-state index contributed by atoms with van der Waals surface area (Å²) < 4.78 is 5.52. The van der Waals surface area contributed by atoms with E-state index in [1.54, 1.807) is 0 Å². The van der Waals surface area contributed by atoms with Gasteiger partial charge in [-0.15, -0.1) is 0 Å². The molecule has 0 bridgehead atoms. The lowest BCUT2D eigenvalue weighted by Gasteiger charge is -2.18. The van der Waals surface area contributed by atoms with Gasteiger partial charge in [0.15, 0.2) is 0 Å². The number of ether oxygens (including phenoxy) is 1. The van der Waals surface area contributed by atoms with Crippen molar-refractivity contribution in [1.82, 2.24) is 9.97 Å². The van der Waals surface area contributed by atoms with E-state index in [0.717, 1.165) is 24.6 Å². The summed E-state index contributed by atoms with van der Waals surface area (Å²) in [5.41, 5.74) is -0.0764. The first kappa shape index (κ1) is 15.7. The number of rotatable bonds is 7. The van der Waals surface area contributed by atoms with Gasteiger partial charge < -0.3 is 10.1 Å². The highest BCUT2D eigenvalue weighted by atomic mass is 16.5. The molecule has 0 spiro atoms. The summed E-state index contributed by atoms with van der Waals surface area (Å²) in [6.07, 6.45) is 3.63. The van der Waals surface area contributed by atoms with Gasteiger partial charge in [-0.05, 0) is 13.3 Å². The van der Waals surface area contributed by atoms with Crippen LogP contribution in [0.4, 0.5) is 5.82 Å². The van der Waals surface area contributed by atoms with E-state index in [1.807, 2.05) is 13.0 Å². The molecule has 1 aromatic rings. The molecule has 0 aromatic carbocycles. The van der Waals surface area contributed by atoms with E-state index in [9.17, 15) is 0 Å². The van der Waals surface area contributed by atoms with Crippen molar-refractivity contribution >= 4 is 5.82 Å². The molecule has 0 unspecified atom stereocenters. The first-order chi connectivity index (χ1) is 8.97. The molecule has 0 radical (unpaired) electrons. The third-order valence-electron chi connectivity index (χ3n) is 2.75. The summed E-state index contributed by atoms with van der Waals surface area (Å²) in [5.74, 6) is 2.33. The van der Waals surface area contributed by atoms with E-state index < -0.39 is 0 Å². The van der Waals surface area contributed by atoms with Gasteiger partial charge in [-0.3, -0.25) is 0 Å². The third-order valence-corrected chi connectivity index (χ3v) is 2.75. The molecule has 0 atom stereocenters. The fourth-order valence-electron chi connectivity index (χ4n) is 1.66. The number of nitrogens with zero attached hydrogens (tertiary/aromatic N) is 2. The highest BCUT2D eigenvalue weighted by molar-refractivity contribution is 5.39. The molecular formula is C15H27N3O. The number of anilines is 1. The number of hydrogen-bond donors (Lipinski definition) is 1. The predicted octanol–water partition coefficient (Wildman–Crippen LogP) is 3.77. The first-order valence-electron chi connectivity index (χ1n) is 7.23. The van der Waals surface area contributed by atoms with E-state index >= 15 is 0 Å². The van der Waals surface area contributed by atoms with Crippen LogP contribution in [0.25, 0.3) is 0 Å². The lowest BCUT2D eigenvalue weighted by Crippen LogP contribution is -2.18. The number of aromatic nitrogens is 2. The monoisotopic (exact) mass is 265 g/mol. The molecule has 0 fully saturated rings. The van der Waals surface area contributed by atoms with Crippen molar-refractivity contribution in [1.29, 1.82) is 0 Å². The van der Waals surface area contributed by atoms with Crippen LogP contribution in [0.15, 0.2) is 6.07 Å². The fourth-order valence-corrected chi connectivity index (χ4v) is 1.66. The summed E-state index contributed by atoms with van der Waals surface area (Å²) in [6, 6.07) is 1.88. The van der Waals surface area contributed by atoms with Gasteiger partial charge in [0.2, 0.25) is 5.88 Å². The number of unbranched alkanes of at least 4 members (excludes halogenated alkanes) is 2. The van der Waals surface area contributed by atoms with E-state index in [1.165, 1.54) is 12.8 Å². The molecule has 0 aliphatic carbocycles. The highest BCUT2D eigenvalue weighted by Gasteiger charge is 2.19. The lowest BCUT2D eigenvalue weighted by atomic mass is 9.96. The lowest BCUT2D eigenvalue weighted by molar-refractivity contribution is 0.322. The SMILES string of the molecule is CCCCCNc1cc(OCC)nc(C(C)(C)C)n1. The van der Waals surface area contributed by atoms with E-state index in [2.05, 4.69) is 43.0 Å². The maximum absolute atomic E-state index is 5.52. The van der Waals surface area contributed by atoms with Gasteiger partial charge in [0.1, 0.15) is 11.6 Å². The molecule has 1 aromatic heterocycles. The molecule has 4 nitrogen and oxygen atoms in total. The zero-order chi connectivity index (χ0) is 14.3. The first-order valence-corrected chi connectivity index (χ1v) is 7.23. The summed E-state index contributed by atoms with van der Waals surface area (Å²) in [7, 11) is 0. The van der Waals surface area contributed by atoms with Gasteiger partial charge >= 0.3 is 0 Å². The van der Waals surface area contributed by atoms with Crippen LogP contribution in [0.2, 0.25) is 0 Å². The molecule has 1 rings (SSSR count). The van der Waals surface area contributed by atoms with E-state index in [-0.39, 0.29) is 5.41 Å². The quantitative estimate of drug-likeness (QED) is 0.762. The second-order valence-electron chi connectivity index (χ2n) is 5.73. The summed E-state index contributed by atoms with van der Waals surface area (Å²) in [6.45, 7) is 12.1. The van der Waals surface area contributed by atoms with Crippen LogP contribution in [0, 0.1) is 0 Å². The Labute approximate surface area is 117 Å². The van der Waals surface area contributed by atoms with Crippen LogP contribution >= 0.6 is 0 Å². The van der Waals surface area contributed by atoms with Gasteiger partial charge in [-0.1, -0.05) is 40.5 Å². The van der Waals surface area contributed by atoms with Crippen LogP contribution in [-0.4, -0.2) is 23.1 Å². The van der Waals surface area contributed by atoms with Gasteiger partial charge in [-0.25, -0.2) is 4.98 Å². The molecule has 0 aliphatic heterocycles. The second kappa shape index (κ2) is 7.31. The molecule has 0 amide bonds. The van der Waals surface area contributed by atoms with Crippen molar-refractivity contribution < 1.29 is 4.74 Å². The molecule has 1 heterocycles. The predicted molar refractivity (Wildman–Crippen MR) is 79.9 cm³/mol. The Morgan fingerprint density at radius 2 is 1.89 bits per heavy atom. The Morgan fingerprint density at radius 3 is 2.47 bits per heavy atom. The van der Waals surface area contributed by atoms with E-state index in [0.29, 0.717) is 12.5 Å². The zero-order valence-electron chi connectivity index (χ0n) is 12.9. The molecule has 108 valence electrons. The summed E-state index contributed by atoms with van der Waals surface area (Å²) in [5, 5.41) is 3.36. The Bertz CT molecular complexity index is 385. The van der Waals surface area contributed by atoms with Crippen LogP contribution in [0.3, 0.4) is 0 Å². The van der Waals surface area contributed by atoms with Crippen molar-refractivity contribution in [3.05, 3.63) is 11.9 Å². The highest BCUT2D eigenvalue weighted by Crippen LogP contribution is 2.23. The zero-order valence-corrected chi connectivity index (χ0v) is 12.9. The fraction of sp³-hybridized carbons (Fsp3) is 0.733. The molecule has 19 heavy (non-hydrogen) atoms. The summed E-state index contributed by atoms with van der Waals surface area (Å²) in [4.78, 5) is 9.05. The van der Waals surface area contributed by atoms with Crippen LogP contribution in [-0.2, 0) is 5.41 Å².